The van der Waals surface area contributed by atoms with Crippen molar-refractivity contribution >= 4 is 0 Å². The minimum atomic E-state index is 0.466. The van der Waals surface area contributed by atoms with Crippen LogP contribution in [0.2, 0.25) is 0 Å². The molecule has 16 heavy (non-hydrogen) atoms. The molecule has 1 aliphatic heterocycles. The van der Waals surface area contributed by atoms with E-state index in [-0.39, 0.29) is 0 Å². The molecule has 1 saturated heterocycles. The summed E-state index contributed by atoms with van der Waals surface area (Å²) in [4.78, 5) is 7.95. The minimum absolute atomic E-state index is 0.466. The molecule has 0 bridgehead atoms. The number of hydrogen-bond donors (Lipinski definition) is 1. The van der Waals surface area contributed by atoms with Crippen LogP contribution in [0.25, 0.3) is 0 Å². The van der Waals surface area contributed by atoms with E-state index < -0.39 is 0 Å². The van der Waals surface area contributed by atoms with Gasteiger partial charge in [0, 0.05) is 31.1 Å². The molecule has 0 amide bonds. The number of nitrogens with zero attached hydrogens (tertiary/aromatic N) is 2. The molecule has 0 radical (unpaired) electrons. The summed E-state index contributed by atoms with van der Waals surface area (Å²) in [6.45, 7) is 2.78. The van der Waals surface area contributed by atoms with Crippen LogP contribution in [0.1, 0.15) is 31.2 Å². The van der Waals surface area contributed by atoms with Crippen molar-refractivity contribution < 1.29 is 4.74 Å². The summed E-state index contributed by atoms with van der Waals surface area (Å²) in [7, 11) is 0. The monoisotopic (exact) mass is 221 g/mol. The molecule has 0 aromatic carbocycles. The fourth-order valence-electron chi connectivity index (χ4n) is 1.95. The van der Waals surface area contributed by atoms with Gasteiger partial charge >= 0.3 is 0 Å². The Morgan fingerprint density at radius 2 is 2.19 bits per heavy atom. The van der Waals surface area contributed by atoms with Gasteiger partial charge in [0.05, 0.1) is 6.10 Å². The second-order valence-electron chi connectivity index (χ2n) is 4.20. The van der Waals surface area contributed by atoms with Gasteiger partial charge in [0.15, 0.2) is 0 Å². The van der Waals surface area contributed by atoms with E-state index in [1.807, 2.05) is 12.4 Å². The Hall–Kier alpha value is -1.00. The van der Waals surface area contributed by atoms with E-state index in [2.05, 4.69) is 15.3 Å². The first-order valence-corrected chi connectivity index (χ1v) is 6.01. The smallest absolute Gasteiger partial charge is 0.115 e. The molecule has 1 aromatic rings. The highest BCUT2D eigenvalue weighted by Gasteiger charge is 2.12. The molecule has 0 saturated carbocycles. The van der Waals surface area contributed by atoms with Gasteiger partial charge in [-0.25, -0.2) is 9.97 Å². The topological polar surface area (TPSA) is 47.0 Å². The number of aromatic nitrogens is 2. The van der Waals surface area contributed by atoms with E-state index in [1.54, 1.807) is 6.33 Å². The summed E-state index contributed by atoms with van der Waals surface area (Å²) >= 11 is 0. The summed E-state index contributed by atoms with van der Waals surface area (Å²) in [5.74, 6) is 0. The van der Waals surface area contributed by atoms with Crippen molar-refractivity contribution in [3.05, 3.63) is 24.3 Å². The lowest BCUT2D eigenvalue weighted by Gasteiger charge is -2.22. The molecule has 1 N–H and O–H groups in total. The molecule has 2 rings (SSSR count). The van der Waals surface area contributed by atoms with Gasteiger partial charge in [0.1, 0.15) is 6.33 Å². The average molecular weight is 221 g/mol. The van der Waals surface area contributed by atoms with E-state index in [1.165, 1.54) is 19.3 Å². The highest BCUT2D eigenvalue weighted by molar-refractivity contribution is 5.01. The SMILES string of the molecule is c1ncc(CNCCC2CCCCO2)cn1. The van der Waals surface area contributed by atoms with Gasteiger partial charge in [-0.05, 0) is 32.2 Å². The van der Waals surface area contributed by atoms with Crippen LogP contribution in [-0.2, 0) is 11.3 Å². The predicted octanol–water partition coefficient (Wildman–Crippen LogP) is 1.53. The maximum absolute atomic E-state index is 5.67. The highest BCUT2D eigenvalue weighted by atomic mass is 16.5. The van der Waals surface area contributed by atoms with Gasteiger partial charge in [0.25, 0.3) is 0 Å². The predicted molar refractivity (Wildman–Crippen MR) is 61.9 cm³/mol. The van der Waals surface area contributed by atoms with Crippen molar-refractivity contribution in [3.63, 3.8) is 0 Å². The second-order valence-corrected chi connectivity index (χ2v) is 4.20. The molecule has 1 aliphatic rings. The van der Waals surface area contributed by atoms with E-state index in [9.17, 15) is 0 Å². The first-order chi connectivity index (χ1) is 7.95. The zero-order chi connectivity index (χ0) is 11.1. The van der Waals surface area contributed by atoms with Crippen LogP contribution in [0.3, 0.4) is 0 Å². The first-order valence-electron chi connectivity index (χ1n) is 6.01. The average Bonchev–Trinajstić information content (AvgIpc) is 2.37. The molecule has 1 aromatic heterocycles. The Balaban J connectivity index is 1.58. The van der Waals surface area contributed by atoms with E-state index in [0.717, 1.165) is 31.7 Å². The van der Waals surface area contributed by atoms with Gasteiger partial charge in [-0.3, -0.25) is 0 Å². The van der Waals surface area contributed by atoms with Crippen LogP contribution in [0.5, 0.6) is 0 Å². The summed E-state index contributed by atoms with van der Waals surface area (Å²) in [5.41, 5.74) is 1.13. The normalized spacial score (nSPS) is 20.9. The third-order valence-electron chi connectivity index (χ3n) is 2.86. The maximum atomic E-state index is 5.67. The van der Waals surface area contributed by atoms with Crippen molar-refractivity contribution in [1.82, 2.24) is 15.3 Å². The largest absolute Gasteiger partial charge is 0.378 e. The maximum Gasteiger partial charge on any atom is 0.115 e. The zero-order valence-corrected chi connectivity index (χ0v) is 9.56. The number of hydrogen-bond acceptors (Lipinski definition) is 4. The molecule has 4 heteroatoms. The quantitative estimate of drug-likeness (QED) is 0.766. The van der Waals surface area contributed by atoms with Crippen LogP contribution >= 0.6 is 0 Å². The fourth-order valence-corrected chi connectivity index (χ4v) is 1.95. The van der Waals surface area contributed by atoms with Crippen molar-refractivity contribution in [2.45, 2.75) is 38.3 Å². The zero-order valence-electron chi connectivity index (χ0n) is 9.56. The van der Waals surface area contributed by atoms with Crippen molar-refractivity contribution in [2.24, 2.45) is 0 Å². The molecule has 1 fully saturated rings. The van der Waals surface area contributed by atoms with E-state index in [4.69, 9.17) is 4.74 Å². The van der Waals surface area contributed by atoms with Crippen LogP contribution in [-0.4, -0.2) is 29.2 Å². The Morgan fingerprint density at radius 3 is 2.94 bits per heavy atom. The highest BCUT2D eigenvalue weighted by Crippen LogP contribution is 2.14. The van der Waals surface area contributed by atoms with Gasteiger partial charge in [-0.15, -0.1) is 0 Å². The summed E-state index contributed by atoms with van der Waals surface area (Å²) in [6.07, 6.45) is 10.6. The molecule has 1 unspecified atom stereocenters. The molecule has 2 heterocycles. The lowest BCUT2D eigenvalue weighted by molar-refractivity contribution is 0.0115. The first kappa shape index (κ1) is 11.5. The Morgan fingerprint density at radius 1 is 1.31 bits per heavy atom. The molecule has 0 aliphatic carbocycles. The third kappa shape index (κ3) is 3.87. The Labute approximate surface area is 96.4 Å². The molecular formula is C12H19N3O. The number of rotatable bonds is 5. The second kappa shape index (κ2) is 6.55. The van der Waals surface area contributed by atoms with Crippen molar-refractivity contribution in [1.29, 1.82) is 0 Å². The van der Waals surface area contributed by atoms with Crippen LogP contribution < -0.4 is 5.32 Å². The lowest BCUT2D eigenvalue weighted by Crippen LogP contribution is -2.25. The van der Waals surface area contributed by atoms with Crippen molar-refractivity contribution in [2.75, 3.05) is 13.2 Å². The van der Waals surface area contributed by atoms with Crippen LogP contribution in [0.4, 0.5) is 0 Å². The van der Waals surface area contributed by atoms with E-state index >= 15 is 0 Å². The Kier molecular flexibility index (Phi) is 4.70. The van der Waals surface area contributed by atoms with Crippen LogP contribution in [0.15, 0.2) is 18.7 Å². The lowest BCUT2D eigenvalue weighted by atomic mass is 10.1. The van der Waals surface area contributed by atoms with Gasteiger partial charge in [0.2, 0.25) is 0 Å². The summed E-state index contributed by atoms with van der Waals surface area (Å²) in [5, 5.41) is 3.39. The molecule has 88 valence electrons. The molecule has 0 spiro atoms. The summed E-state index contributed by atoms with van der Waals surface area (Å²) in [6, 6.07) is 0. The van der Waals surface area contributed by atoms with Crippen LogP contribution in [0, 0.1) is 0 Å². The minimum Gasteiger partial charge on any atom is -0.378 e. The standard InChI is InChI=1S/C12H19N3O/c1-2-6-16-12(3-1)4-5-13-7-11-8-14-10-15-9-11/h8-10,12-13H,1-7H2. The third-order valence-corrected chi connectivity index (χ3v) is 2.86. The van der Waals surface area contributed by atoms with Gasteiger partial charge in [-0.2, -0.15) is 0 Å². The van der Waals surface area contributed by atoms with Crippen molar-refractivity contribution in [3.8, 4) is 0 Å². The number of ether oxygens (including phenoxy) is 1. The summed E-state index contributed by atoms with van der Waals surface area (Å²) < 4.78 is 5.67. The van der Waals surface area contributed by atoms with Gasteiger partial charge in [-0.1, -0.05) is 0 Å². The molecular weight excluding hydrogens is 202 g/mol. The molecule has 4 nitrogen and oxygen atoms in total. The fraction of sp³-hybridized carbons (Fsp3) is 0.667. The Bertz CT molecular complexity index is 286. The van der Waals surface area contributed by atoms with Gasteiger partial charge < -0.3 is 10.1 Å². The number of nitrogens with one attached hydrogen (secondary N) is 1. The van der Waals surface area contributed by atoms with E-state index in [0.29, 0.717) is 6.10 Å². The molecule has 1 atom stereocenters.